The van der Waals surface area contributed by atoms with E-state index in [2.05, 4.69) is 10.1 Å². The molecule has 0 aliphatic carbocycles. The average molecular weight is 281 g/mol. The van der Waals surface area contributed by atoms with E-state index in [1.54, 1.807) is 16.8 Å². The Hall–Kier alpha value is -2.08. The third-order valence-electron chi connectivity index (χ3n) is 2.56. The maximum absolute atomic E-state index is 11.8. The highest BCUT2D eigenvalue weighted by molar-refractivity contribution is 6.33. The zero-order valence-electron chi connectivity index (χ0n) is 10.3. The van der Waals surface area contributed by atoms with Gasteiger partial charge in [-0.05, 0) is 25.1 Å². The lowest BCUT2D eigenvalue weighted by atomic mass is 10.2. The van der Waals surface area contributed by atoms with Gasteiger partial charge in [-0.2, -0.15) is 5.10 Å². The molecule has 100 valence electrons. The minimum atomic E-state index is -0.479. The Kier molecular flexibility index (Phi) is 4.01. The van der Waals surface area contributed by atoms with Gasteiger partial charge in [0, 0.05) is 6.54 Å². The van der Waals surface area contributed by atoms with Crippen molar-refractivity contribution in [1.82, 2.24) is 14.8 Å². The van der Waals surface area contributed by atoms with E-state index in [1.165, 1.54) is 12.4 Å². The Morgan fingerprint density at radius 1 is 1.53 bits per heavy atom. The number of halogens is 1. The number of hydrogen-bond acceptors (Lipinski definition) is 5. The van der Waals surface area contributed by atoms with Gasteiger partial charge in [0.25, 0.3) is 0 Å². The second-order valence-corrected chi connectivity index (χ2v) is 4.21. The SMILES string of the molecule is CCn1ncnc1COC(=O)c1ccc(N)c(Cl)c1. The Morgan fingerprint density at radius 3 is 3.00 bits per heavy atom. The number of benzene rings is 1. The Labute approximate surface area is 115 Å². The first kappa shape index (κ1) is 13.4. The van der Waals surface area contributed by atoms with Crippen molar-refractivity contribution in [1.29, 1.82) is 0 Å². The van der Waals surface area contributed by atoms with Crippen molar-refractivity contribution in [2.24, 2.45) is 0 Å². The van der Waals surface area contributed by atoms with Crippen molar-refractivity contribution in [2.45, 2.75) is 20.1 Å². The maximum atomic E-state index is 11.8. The molecule has 19 heavy (non-hydrogen) atoms. The third-order valence-corrected chi connectivity index (χ3v) is 2.89. The molecule has 0 fully saturated rings. The largest absolute Gasteiger partial charge is 0.454 e. The maximum Gasteiger partial charge on any atom is 0.338 e. The predicted molar refractivity (Wildman–Crippen MR) is 70.7 cm³/mol. The minimum Gasteiger partial charge on any atom is -0.454 e. The lowest BCUT2D eigenvalue weighted by molar-refractivity contribution is 0.0457. The number of carbonyl (C=O) groups is 1. The first-order valence-electron chi connectivity index (χ1n) is 5.70. The number of aryl methyl sites for hydroxylation is 1. The summed E-state index contributed by atoms with van der Waals surface area (Å²) in [6.07, 6.45) is 1.42. The fourth-order valence-electron chi connectivity index (χ4n) is 1.53. The Morgan fingerprint density at radius 2 is 2.32 bits per heavy atom. The summed E-state index contributed by atoms with van der Waals surface area (Å²) in [6, 6.07) is 4.60. The molecule has 7 heteroatoms. The topological polar surface area (TPSA) is 83.0 Å². The van der Waals surface area contributed by atoms with Gasteiger partial charge < -0.3 is 10.5 Å². The number of carbonyl (C=O) groups excluding carboxylic acids is 1. The average Bonchev–Trinajstić information content (AvgIpc) is 2.86. The number of esters is 1. The molecule has 0 unspecified atom stereocenters. The van der Waals surface area contributed by atoms with Crippen LogP contribution in [0.5, 0.6) is 0 Å². The van der Waals surface area contributed by atoms with Gasteiger partial charge in [-0.1, -0.05) is 11.6 Å². The van der Waals surface area contributed by atoms with E-state index in [1.807, 2.05) is 6.92 Å². The van der Waals surface area contributed by atoms with Crippen molar-refractivity contribution in [3.63, 3.8) is 0 Å². The van der Waals surface area contributed by atoms with Gasteiger partial charge >= 0.3 is 5.97 Å². The van der Waals surface area contributed by atoms with Crippen LogP contribution in [-0.4, -0.2) is 20.7 Å². The molecule has 0 amide bonds. The van der Waals surface area contributed by atoms with Gasteiger partial charge in [0.1, 0.15) is 6.33 Å². The normalized spacial score (nSPS) is 10.4. The minimum absolute atomic E-state index is 0.0642. The summed E-state index contributed by atoms with van der Waals surface area (Å²) in [4.78, 5) is 15.8. The van der Waals surface area contributed by atoms with Crippen LogP contribution >= 0.6 is 11.6 Å². The number of ether oxygens (including phenoxy) is 1. The van der Waals surface area contributed by atoms with Gasteiger partial charge in [-0.3, -0.25) is 0 Å². The van der Waals surface area contributed by atoms with E-state index in [0.717, 1.165) is 0 Å². The molecule has 0 atom stereocenters. The van der Waals surface area contributed by atoms with E-state index in [9.17, 15) is 4.79 Å². The molecular weight excluding hydrogens is 268 g/mol. The van der Waals surface area contributed by atoms with Crippen LogP contribution in [0.2, 0.25) is 5.02 Å². The second-order valence-electron chi connectivity index (χ2n) is 3.80. The molecule has 0 radical (unpaired) electrons. The van der Waals surface area contributed by atoms with Crippen LogP contribution in [0.4, 0.5) is 5.69 Å². The van der Waals surface area contributed by atoms with Crippen LogP contribution < -0.4 is 5.73 Å². The number of hydrogen-bond donors (Lipinski definition) is 1. The van der Waals surface area contributed by atoms with Crippen LogP contribution in [0.25, 0.3) is 0 Å². The zero-order chi connectivity index (χ0) is 13.8. The fraction of sp³-hybridized carbons (Fsp3) is 0.250. The van der Waals surface area contributed by atoms with Crippen LogP contribution in [0, 0.1) is 0 Å². The van der Waals surface area contributed by atoms with Crippen molar-refractivity contribution in [3.05, 3.63) is 40.9 Å². The van der Waals surface area contributed by atoms with E-state index < -0.39 is 5.97 Å². The zero-order valence-corrected chi connectivity index (χ0v) is 11.1. The molecule has 1 heterocycles. The highest BCUT2D eigenvalue weighted by Crippen LogP contribution is 2.20. The first-order valence-corrected chi connectivity index (χ1v) is 6.08. The number of nitrogen functional groups attached to an aromatic ring is 1. The first-order chi connectivity index (χ1) is 9.11. The number of rotatable bonds is 4. The van der Waals surface area contributed by atoms with E-state index in [0.29, 0.717) is 28.6 Å². The molecule has 0 spiro atoms. The van der Waals surface area contributed by atoms with Crippen LogP contribution in [-0.2, 0) is 17.9 Å². The van der Waals surface area contributed by atoms with E-state index in [4.69, 9.17) is 22.1 Å². The quantitative estimate of drug-likeness (QED) is 0.683. The number of nitrogens with two attached hydrogens (primary N) is 1. The highest BCUT2D eigenvalue weighted by atomic mass is 35.5. The second kappa shape index (κ2) is 5.71. The molecular formula is C12H13ClN4O2. The molecule has 0 saturated heterocycles. The summed E-state index contributed by atoms with van der Waals surface area (Å²) >= 11 is 5.85. The molecule has 2 N–H and O–H groups in total. The van der Waals surface area contributed by atoms with Gasteiger partial charge in [-0.15, -0.1) is 0 Å². The number of anilines is 1. The Bertz CT molecular complexity index is 597. The van der Waals surface area contributed by atoms with Crippen molar-refractivity contribution in [2.75, 3.05) is 5.73 Å². The summed E-state index contributed by atoms with van der Waals surface area (Å²) in [5.74, 6) is 0.116. The molecule has 1 aromatic carbocycles. The summed E-state index contributed by atoms with van der Waals surface area (Å²) in [7, 11) is 0. The summed E-state index contributed by atoms with van der Waals surface area (Å²) in [6.45, 7) is 2.66. The van der Waals surface area contributed by atoms with Gasteiger partial charge in [0.2, 0.25) is 0 Å². The standard InChI is InChI=1S/C12H13ClN4O2/c1-2-17-11(15-7-16-17)6-19-12(18)8-3-4-10(14)9(13)5-8/h3-5,7H,2,6,14H2,1H3. The van der Waals surface area contributed by atoms with E-state index >= 15 is 0 Å². The van der Waals surface area contributed by atoms with Gasteiger partial charge in [-0.25, -0.2) is 14.5 Å². The number of nitrogens with zero attached hydrogens (tertiary/aromatic N) is 3. The van der Waals surface area contributed by atoms with Crippen LogP contribution in [0.15, 0.2) is 24.5 Å². The summed E-state index contributed by atoms with van der Waals surface area (Å²) in [5, 5.41) is 4.31. The lowest BCUT2D eigenvalue weighted by Gasteiger charge is -2.06. The highest BCUT2D eigenvalue weighted by Gasteiger charge is 2.11. The molecule has 1 aromatic heterocycles. The van der Waals surface area contributed by atoms with Crippen LogP contribution in [0.3, 0.4) is 0 Å². The van der Waals surface area contributed by atoms with E-state index in [-0.39, 0.29) is 6.61 Å². The Balaban J connectivity index is 2.03. The monoisotopic (exact) mass is 280 g/mol. The molecule has 2 rings (SSSR count). The smallest absolute Gasteiger partial charge is 0.338 e. The van der Waals surface area contributed by atoms with Crippen LogP contribution in [0.1, 0.15) is 23.1 Å². The molecule has 0 saturated carbocycles. The molecule has 0 bridgehead atoms. The van der Waals surface area contributed by atoms with Gasteiger partial charge in [0.15, 0.2) is 12.4 Å². The molecule has 2 aromatic rings. The molecule has 6 nitrogen and oxygen atoms in total. The predicted octanol–water partition coefficient (Wildman–Crippen LogP) is 1.89. The molecule has 0 aliphatic heterocycles. The van der Waals surface area contributed by atoms with Crippen molar-refractivity contribution >= 4 is 23.3 Å². The van der Waals surface area contributed by atoms with Crippen molar-refractivity contribution in [3.8, 4) is 0 Å². The van der Waals surface area contributed by atoms with Crippen molar-refractivity contribution < 1.29 is 9.53 Å². The molecule has 0 aliphatic rings. The third kappa shape index (κ3) is 3.03. The van der Waals surface area contributed by atoms with Gasteiger partial charge in [0.05, 0.1) is 16.3 Å². The lowest BCUT2D eigenvalue weighted by Crippen LogP contribution is -2.10. The fourth-order valence-corrected chi connectivity index (χ4v) is 1.71. The summed E-state index contributed by atoms with van der Waals surface area (Å²) < 4.78 is 6.80. The summed E-state index contributed by atoms with van der Waals surface area (Å²) in [5.41, 5.74) is 6.34. The number of aromatic nitrogens is 3.